The maximum Gasteiger partial charge on any atom is 0.221 e. The van der Waals surface area contributed by atoms with E-state index >= 15 is 0 Å². The van der Waals surface area contributed by atoms with E-state index in [1.54, 1.807) is 17.2 Å². The summed E-state index contributed by atoms with van der Waals surface area (Å²) in [6.45, 7) is 2.77. The summed E-state index contributed by atoms with van der Waals surface area (Å²) in [5.74, 6) is 0.960. The topological polar surface area (TPSA) is 73.1 Å². The standard InChI is InChI=1S/C17H17ClN4O2/c1-2-24-17-15(13-4-3-5-14(18)7-13)6-12(8-19-17)9-22-11-20-16(10-23)21-22/h3-8,11,23H,2,9-10H2,1H3. The predicted molar refractivity (Wildman–Crippen MR) is 90.9 cm³/mol. The highest BCUT2D eigenvalue weighted by Gasteiger charge is 2.11. The van der Waals surface area contributed by atoms with E-state index in [-0.39, 0.29) is 6.61 Å². The maximum atomic E-state index is 9.05. The number of aliphatic hydroxyl groups excluding tert-OH is 1. The molecule has 0 atom stereocenters. The van der Waals surface area contributed by atoms with Crippen LogP contribution in [0.25, 0.3) is 11.1 Å². The number of nitrogens with zero attached hydrogens (tertiary/aromatic N) is 4. The summed E-state index contributed by atoms with van der Waals surface area (Å²) in [7, 11) is 0. The van der Waals surface area contributed by atoms with Gasteiger partial charge in [-0.3, -0.25) is 0 Å². The van der Waals surface area contributed by atoms with Crippen LogP contribution in [-0.4, -0.2) is 31.5 Å². The van der Waals surface area contributed by atoms with Gasteiger partial charge in [-0.05, 0) is 36.2 Å². The minimum Gasteiger partial charge on any atom is -0.478 e. The lowest BCUT2D eigenvalue weighted by atomic mass is 10.1. The van der Waals surface area contributed by atoms with Crippen LogP contribution in [0.1, 0.15) is 18.3 Å². The Balaban J connectivity index is 1.95. The van der Waals surface area contributed by atoms with E-state index in [9.17, 15) is 0 Å². The molecule has 0 saturated carbocycles. The average Bonchev–Trinajstić information content (AvgIpc) is 3.04. The van der Waals surface area contributed by atoms with Gasteiger partial charge in [0.05, 0.1) is 13.2 Å². The van der Waals surface area contributed by atoms with Crippen LogP contribution in [0.3, 0.4) is 0 Å². The zero-order valence-corrected chi connectivity index (χ0v) is 13.9. The molecule has 0 aliphatic rings. The first-order chi connectivity index (χ1) is 11.7. The van der Waals surface area contributed by atoms with Crippen LogP contribution in [0.5, 0.6) is 5.88 Å². The van der Waals surface area contributed by atoms with Crippen molar-refractivity contribution in [3.63, 3.8) is 0 Å². The van der Waals surface area contributed by atoms with Crippen molar-refractivity contribution >= 4 is 11.6 Å². The molecule has 0 aliphatic carbocycles. The van der Waals surface area contributed by atoms with Crippen LogP contribution < -0.4 is 4.74 Å². The zero-order chi connectivity index (χ0) is 16.9. The maximum absolute atomic E-state index is 9.05. The Hall–Kier alpha value is -2.44. The first-order valence-corrected chi connectivity index (χ1v) is 7.94. The van der Waals surface area contributed by atoms with Crippen molar-refractivity contribution in [3.05, 3.63) is 59.3 Å². The van der Waals surface area contributed by atoms with Crippen molar-refractivity contribution in [2.75, 3.05) is 6.61 Å². The second kappa shape index (κ2) is 7.42. The summed E-state index contributed by atoms with van der Waals surface area (Å²) in [5.41, 5.74) is 2.76. The second-order valence-corrected chi connectivity index (χ2v) is 5.59. The summed E-state index contributed by atoms with van der Waals surface area (Å²) in [4.78, 5) is 8.43. The van der Waals surface area contributed by atoms with E-state index < -0.39 is 0 Å². The van der Waals surface area contributed by atoms with E-state index in [0.717, 1.165) is 16.7 Å². The molecule has 124 valence electrons. The van der Waals surface area contributed by atoms with Crippen molar-refractivity contribution in [2.24, 2.45) is 0 Å². The minimum atomic E-state index is -0.178. The summed E-state index contributed by atoms with van der Waals surface area (Å²) in [6.07, 6.45) is 3.33. The molecule has 0 unspecified atom stereocenters. The molecule has 24 heavy (non-hydrogen) atoms. The quantitative estimate of drug-likeness (QED) is 0.744. The molecule has 3 rings (SSSR count). The fraction of sp³-hybridized carbons (Fsp3) is 0.235. The van der Waals surface area contributed by atoms with Gasteiger partial charge in [0.2, 0.25) is 5.88 Å². The zero-order valence-electron chi connectivity index (χ0n) is 13.2. The third-order valence-electron chi connectivity index (χ3n) is 3.39. The molecule has 0 aliphatic heterocycles. The van der Waals surface area contributed by atoms with Crippen molar-refractivity contribution in [2.45, 2.75) is 20.1 Å². The highest BCUT2D eigenvalue weighted by molar-refractivity contribution is 6.30. The van der Waals surface area contributed by atoms with Crippen LogP contribution in [0.2, 0.25) is 5.02 Å². The van der Waals surface area contributed by atoms with Gasteiger partial charge in [-0.15, -0.1) is 0 Å². The van der Waals surface area contributed by atoms with Crippen LogP contribution in [-0.2, 0) is 13.2 Å². The molecule has 7 heteroatoms. The van der Waals surface area contributed by atoms with Crippen LogP contribution in [0.4, 0.5) is 0 Å². The number of benzene rings is 1. The molecule has 2 aromatic heterocycles. The number of hydrogen-bond donors (Lipinski definition) is 1. The smallest absolute Gasteiger partial charge is 0.221 e. The number of pyridine rings is 1. The molecule has 1 aromatic carbocycles. The first-order valence-electron chi connectivity index (χ1n) is 7.56. The number of rotatable bonds is 6. The molecule has 1 N–H and O–H groups in total. The Bertz CT molecular complexity index is 835. The number of halogens is 1. The van der Waals surface area contributed by atoms with Crippen LogP contribution in [0, 0.1) is 0 Å². The normalized spacial score (nSPS) is 10.8. The van der Waals surface area contributed by atoms with Crippen molar-refractivity contribution in [3.8, 4) is 17.0 Å². The van der Waals surface area contributed by atoms with E-state index in [0.29, 0.717) is 29.9 Å². The largest absolute Gasteiger partial charge is 0.478 e. The van der Waals surface area contributed by atoms with Gasteiger partial charge in [-0.2, -0.15) is 5.10 Å². The molecule has 3 aromatic rings. The van der Waals surface area contributed by atoms with Gasteiger partial charge in [0.15, 0.2) is 5.82 Å². The van der Waals surface area contributed by atoms with Gasteiger partial charge < -0.3 is 9.84 Å². The number of ether oxygens (including phenoxy) is 1. The lowest BCUT2D eigenvalue weighted by Gasteiger charge is -2.11. The third-order valence-corrected chi connectivity index (χ3v) is 3.63. The first kappa shape index (κ1) is 16.4. The molecule has 0 spiro atoms. The Morgan fingerprint density at radius 3 is 2.83 bits per heavy atom. The van der Waals surface area contributed by atoms with E-state index in [4.69, 9.17) is 21.4 Å². The lowest BCUT2D eigenvalue weighted by molar-refractivity contribution is 0.271. The van der Waals surface area contributed by atoms with Crippen LogP contribution >= 0.6 is 11.6 Å². The molecule has 2 heterocycles. The Kier molecular flexibility index (Phi) is 5.08. The molecule has 0 radical (unpaired) electrons. The highest BCUT2D eigenvalue weighted by atomic mass is 35.5. The van der Waals surface area contributed by atoms with E-state index in [1.165, 1.54) is 0 Å². The number of aliphatic hydroxyl groups is 1. The van der Waals surface area contributed by atoms with Gasteiger partial charge in [0.25, 0.3) is 0 Å². The number of aromatic nitrogens is 4. The Morgan fingerprint density at radius 2 is 2.12 bits per heavy atom. The third kappa shape index (κ3) is 3.72. The fourth-order valence-electron chi connectivity index (χ4n) is 2.37. The molecule has 0 fully saturated rings. The number of hydrogen-bond acceptors (Lipinski definition) is 5. The lowest BCUT2D eigenvalue weighted by Crippen LogP contribution is -2.04. The van der Waals surface area contributed by atoms with Crippen molar-refractivity contribution in [1.82, 2.24) is 19.7 Å². The van der Waals surface area contributed by atoms with Gasteiger partial charge in [0, 0.05) is 16.8 Å². The summed E-state index contributed by atoms with van der Waals surface area (Å²) < 4.78 is 7.29. The predicted octanol–water partition coefficient (Wildman–Crippen LogP) is 2.93. The monoisotopic (exact) mass is 344 g/mol. The van der Waals surface area contributed by atoms with E-state index in [2.05, 4.69) is 15.1 Å². The summed E-state index contributed by atoms with van der Waals surface area (Å²) in [5, 5.41) is 13.9. The highest BCUT2D eigenvalue weighted by Crippen LogP contribution is 2.30. The van der Waals surface area contributed by atoms with Crippen LogP contribution in [0.15, 0.2) is 42.9 Å². The molecular weight excluding hydrogens is 328 g/mol. The molecule has 6 nitrogen and oxygen atoms in total. The minimum absolute atomic E-state index is 0.178. The summed E-state index contributed by atoms with van der Waals surface area (Å²) >= 11 is 6.11. The van der Waals surface area contributed by atoms with Gasteiger partial charge in [0.1, 0.15) is 12.9 Å². The van der Waals surface area contributed by atoms with Gasteiger partial charge in [-0.25, -0.2) is 14.6 Å². The van der Waals surface area contributed by atoms with Gasteiger partial charge in [-0.1, -0.05) is 23.7 Å². The summed E-state index contributed by atoms with van der Waals surface area (Å²) in [6, 6.07) is 9.57. The van der Waals surface area contributed by atoms with Gasteiger partial charge >= 0.3 is 0 Å². The Morgan fingerprint density at radius 1 is 1.25 bits per heavy atom. The molecular formula is C17H17ClN4O2. The molecule has 0 bridgehead atoms. The Labute approximate surface area is 144 Å². The molecule has 0 saturated heterocycles. The second-order valence-electron chi connectivity index (χ2n) is 5.16. The van der Waals surface area contributed by atoms with E-state index in [1.807, 2.05) is 37.3 Å². The SMILES string of the molecule is CCOc1ncc(Cn2cnc(CO)n2)cc1-c1cccc(Cl)c1. The van der Waals surface area contributed by atoms with Crippen molar-refractivity contribution < 1.29 is 9.84 Å². The van der Waals surface area contributed by atoms with Crippen molar-refractivity contribution in [1.29, 1.82) is 0 Å². The molecule has 0 amide bonds. The fourth-order valence-corrected chi connectivity index (χ4v) is 2.56. The average molecular weight is 345 g/mol.